The largest absolute Gasteiger partial charge is 0.509 e. The number of fused-ring (bicyclic) bond motifs is 1. The number of hydrogen-bond acceptors (Lipinski definition) is 4. The number of aliphatic hydroxyl groups is 1. The average molecular weight is 233 g/mol. The normalized spacial score (nSPS) is 24.1. The molecule has 82 valence electrons. The van der Waals surface area contributed by atoms with E-state index < -0.39 is 0 Å². The molecule has 1 aromatic heterocycles. The first-order chi connectivity index (χ1) is 7.79. The SMILES string of the molecule is N=C1C(c2ccccn2)=C(O)C2CSCN12. The first-order valence-electron chi connectivity index (χ1n) is 5.07. The Morgan fingerprint density at radius 1 is 1.50 bits per heavy atom. The number of pyridine rings is 1. The van der Waals surface area contributed by atoms with Gasteiger partial charge in [-0.15, -0.1) is 11.8 Å². The number of hydrogen-bond donors (Lipinski definition) is 2. The number of amidine groups is 1. The van der Waals surface area contributed by atoms with E-state index in [2.05, 4.69) is 4.98 Å². The predicted molar refractivity (Wildman–Crippen MR) is 64.5 cm³/mol. The van der Waals surface area contributed by atoms with Crippen LogP contribution in [0.1, 0.15) is 5.69 Å². The quantitative estimate of drug-likeness (QED) is 0.775. The zero-order valence-electron chi connectivity index (χ0n) is 8.55. The van der Waals surface area contributed by atoms with Gasteiger partial charge in [0.05, 0.1) is 23.2 Å². The Morgan fingerprint density at radius 3 is 3.06 bits per heavy atom. The third kappa shape index (κ3) is 1.24. The molecule has 5 heteroatoms. The number of aromatic nitrogens is 1. The van der Waals surface area contributed by atoms with E-state index in [4.69, 9.17) is 5.41 Å². The summed E-state index contributed by atoms with van der Waals surface area (Å²) in [6.45, 7) is 0. The monoisotopic (exact) mass is 233 g/mol. The first kappa shape index (κ1) is 9.72. The highest BCUT2D eigenvalue weighted by molar-refractivity contribution is 7.99. The summed E-state index contributed by atoms with van der Waals surface area (Å²) < 4.78 is 0. The minimum atomic E-state index is -0.0190. The molecule has 4 nitrogen and oxygen atoms in total. The van der Waals surface area contributed by atoms with Gasteiger partial charge in [-0.25, -0.2) is 0 Å². The lowest BCUT2D eigenvalue weighted by Gasteiger charge is -2.16. The van der Waals surface area contributed by atoms with E-state index in [1.54, 1.807) is 18.0 Å². The minimum absolute atomic E-state index is 0.0190. The number of thioether (sulfide) groups is 1. The molecule has 0 bridgehead atoms. The highest BCUT2D eigenvalue weighted by Crippen LogP contribution is 2.37. The van der Waals surface area contributed by atoms with E-state index in [0.717, 1.165) is 11.6 Å². The lowest BCUT2D eigenvalue weighted by molar-refractivity contribution is 0.320. The van der Waals surface area contributed by atoms with E-state index >= 15 is 0 Å². The number of aliphatic hydroxyl groups excluding tert-OH is 1. The zero-order valence-corrected chi connectivity index (χ0v) is 9.37. The Kier molecular flexibility index (Phi) is 2.14. The number of nitrogens with zero attached hydrogens (tertiary/aromatic N) is 2. The molecule has 1 atom stereocenters. The lowest BCUT2D eigenvalue weighted by atomic mass is 10.1. The maximum atomic E-state index is 10.1. The van der Waals surface area contributed by atoms with Crippen molar-refractivity contribution in [3.8, 4) is 0 Å². The fourth-order valence-electron chi connectivity index (χ4n) is 2.08. The van der Waals surface area contributed by atoms with Crippen LogP contribution in [0, 0.1) is 5.41 Å². The average Bonchev–Trinajstić information content (AvgIpc) is 2.86. The minimum Gasteiger partial charge on any atom is -0.509 e. The number of rotatable bonds is 1. The van der Waals surface area contributed by atoms with E-state index in [1.165, 1.54) is 0 Å². The Balaban J connectivity index is 2.08. The molecule has 2 aliphatic rings. The molecule has 16 heavy (non-hydrogen) atoms. The summed E-state index contributed by atoms with van der Waals surface area (Å²) in [7, 11) is 0. The molecule has 0 spiro atoms. The van der Waals surface area contributed by atoms with Crippen LogP contribution in [0.4, 0.5) is 0 Å². The van der Waals surface area contributed by atoms with E-state index in [9.17, 15) is 5.11 Å². The van der Waals surface area contributed by atoms with Crippen molar-refractivity contribution in [2.24, 2.45) is 0 Å². The second kappa shape index (κ2) is 3.52. The maximum absolute atomic E-state index is 10.1. The predicted octanol–water partition coefficient (Wildman–Crippen LogP) is 1.72. The summed E-state index contributed by atoms with van der Waals surface area (Å²) in [4.78, 5) is 6.12. The van der Waals surface area contributed by atoms with Gasteiger partial charge in [0.2, 0.25) is 0 Å². The van der Waals surface area contributed by atoms with Crippen molar-refractivity contribution in [1.82, 2.24) is 9.88 Å². The smallest absolute Gasteiger partial charge is 0.135 e. The zero-order chi connectivity index (χ0) is 11.1. The van der Waals surface area contributed by atoms with Crippen molar-refractivity contribution in [2.45, 2.75) is 6.04 Å². The van der Waals surface area contributed by atoms with Crippen LogP contribution < -0.4 is 0 Å². The van der Waals surface area contributed by atoms with Crippen LogP contribution in [0.2, 0.25) is 0 Å². The molecule has 2 N–H and O–H groups in total. The lowest BCUT2D eigenvalue weighted by Crippen LogP contribution is -2.30. The molecule has 2 aliphatic heterocycles. The van der Waals surface area contributed by atoms with Gasteiger partial charge in [0, 0.05) is 11.9 Å². The molecular formula is C11H11N3OS. The van der Waals surface area contributed by atoms with E-state index in [1.807, 2.05) is 23.1 Å². The molecule has 3 heterocycles. The van der Waals surface area contributed by atoms with Gasteiger partial charge in [-0.2, -0.15) is 0 Å². The highest BCUT2D eigenvalue weighted by atomic mass is 32.2. The fourth-order valence-corrected chi connectivity index (χ4v) is 3.26. The van der Waals surface area contributed by atoms with Crippen LogP contribution in [0.15, 0.2) is 30.2 Å². The Morgan fingerprint density at radius 2 is 2.38 bits per heavy atom. The van der Waals surface area contributed by atoms with Gasteiger partial charge in [-0.05, 0) is 12.1 Å². The summed E-state index contributed by atoms with van der Waals surface area (Å²) in [5, 5.41) is 18.2. The van der Waals surface area contributed by atoms with Crippen LogP contribution in [-0.4, -0.2) is 38.5 Å². The fraction of sp³-hybridized carbons (Fsp3) is 0.273. The van der Waals surface area contributed by atoms with Crippen molar-refractivity contribution in [2.75, 3.05) is 11.6 Å². The van der Waals surface area contributed by atoms with Gasteiger partial charge in [0.25, 0.3) is 0 Å². The highest BCUT2D eigenvalue weighted by Gasteiger charge is 2.41. The Bertz CT molecular complexity index is 471. The summed E-state index contributed by atoms with van der Waals surface area (Å²) in [6.07, 6.45) is 1.68. The molecule has 1 saturated heterocycles. The van der Waals surface area contributed by atoms with Crippen LogP contribution in [0.5, 0.6) is 0 Å². The van der Waals surface area contributed by atoms with Crippen molar-refractivity contribution in [3.63, 3.8) is 0 Å². The summed E-state index contributed by atoms with van der Waals surface area (Å²) in [6, 6.07) is 5.51. The third-order valence-electron chi connectivity index (χ3n) is 2.90. The van der Waals surface area contributed by atoms with Crippen molar-refractivity contribution in [3.05, 3.63) is 35.8 Å². The van der Waals surface area contributed by atoms with Crippen LogP contribution >= 0.6 is 11.8 Å². The third-order valence-corrected chi connectivity index (χ3v) is 3.91. The summed E-state index contributed by atoms with van der Waals surface area (Å²) in [5.74, 6) is 2.33. The van der Waals surface area contributed by atoms with Gasteiger partial charge in [-0.1, -0.05) is 6.07 Å². The Hall–Kier alpha value is -1.49. The van der Waals surface area contributed by atoms with Gasteiger partial charge < -0.3 is 10.0 Å². The van der Waals surface area contributed by atoms with Gasteiger partial charge in [0.1, 0.15) is 11.6 Å². The second-order valence-electron chi connectivity index (χ2n) is 3.81. The number of nitrogens with one attached hydrogen (secondary N) is 1. The van der Waals surface area contributed by atoms with Crippen LogP contribution in [0.25, 0.3) is 5.57 Å². The van der Waals surface area contributed by atoms with Crippen molar-refractivity contribution >= 4 is 23.2 Å². The first-order valence-corrected chi connectivity index (χ1v) is 6.22. The standard InChI is InChI=1S/C11H11N3OS/c12-11-9(7-3-1-2-4-13-7)10(15)8-5-16-6-14(8)11/h1-4,8,12,15H,5-6H2. The Labute approximate surface area is 97.5 Å². The van der Waals surface area contributed by atoms with Crippen LogP contribution in [0.3, 0.4) is 0 Å². The van der Waals surface area contributed by atoms with E-state index in [0.29, 0.717) is 22.9 Å². The summed E-state index contributed by atoms with van der Waals surface area (Å²) >= 11 is 1.74. The molecule has 1 aromatic rings. The molecule has 0 aromatic carbocycles. The molecule has 0 saturated carbocycles. The summed E-state index contributed by atoms with van der Waals surface area (Å²) in [5.41, 5.74) is 1.27. The van der Waals surface area contributed by atoms with Gasteiger partial charge in [-0.3, -0.25) is 10.4 Å². The van der Waals surface area contributed by atoms with Crippen LogP contribution in [-0.2, 0) is 0 Å². The van der Waals surface area contributed by atoms with Gasteiger partial charge in [0.15, 0.2) is 0 Å². The topological polar surface area (TPSA) is 60.2 Å². The molecule has 3 rings (SSSR count). The molecule has 0 radical (unpaired) electrons. The molecule has 1 fully saturated rings. The molecule has 0 amide bonds. The van der Waals surface area contributed by atoms with Crippen molar-refractivity contribution in [1.29, 1.82) is 5.41 Å². The molecular weight excluding hydrogens is 222 g/mol. The van der Waals surface area contributed by atoms with E-state index in [-0.39, 0.29) is 6.04 Å². The van der Waals surface area contributed by atoms with Crippen molar-refractivity contribution < 1.29 is 5.11 Å². The molecule has 0 aliphatic carbocycles. The maximum Gasteiger partial charge on any atom is 0.135 e. The second-order valence-corrected chi connectivity index (χ2v) is 4.81. The molecule has 1 unspecified atom stereocenters. The van der Waals surface area contributed by atoms with Gasteiger partial charge >= 0.3 is 0 Å².